The van der Waals surface area contributed by atoms with Crippen LogP contribution in [0.25, 0.3) is 0 Å². The zero-order valence-electron chi connectivity index (χ0n) is 28.5. The van der Waals surface area contributed by atoms with E-state index in [0.717, 1.165) is 50.9 Å². The first-order valence-corrected chi connectivity index (χ1v) is 18.0. The highest BCUT2D eigenvalue weighted by atomic mass is 16.6. The van der Waals surface area contributed by atoms with Gasteiger partial charge in [-0.25, -0.2) is 0 Å². The van der Waals surface area contributed by atoms with E-state index in [4.69, 9.17) is 14.2 Å². The largest absolute Gasteiger partial charge is 0.462 e. The lowest BCUT2D eigenvalue weighted by Crippen LogP contribution is -2.28. The highest BCUT2D eigenvalue weighted by Crippen LogP contribution is 2.29. The Balaban J connectivity index is 1.96. The third-order valence-corrected chi connectivity index (χ3v) is 8.02. The van der Waals surface area contributed by atoms with Crippen LogP contribution in [0.2, 0.25) is 0 Å². The summed E-state index contributed by atoms with van der Waals surface area (Å²) in [6, 6.07) is 0. The van der Waals surface area contributed by atoms with Crippen LogP contribution in [0.3, 0.4) is 0 Å². The number of ether oxygens (including phenoxy) is 3. The molecule has 6 nitrogen and oxygen atoms in total. The Bertz CT molecular complexity index is 786. The van der Waals surface area contributed by atoms with Crippen LogP contribution in [-0.4, -0.2) is 48.6 Å². The smallest absolute Gasteiger partial charge is 0.306 e. The topological polar surface area (TPSA) is 85.4 Å². The third kappa shape index (κ3) is 25.4. The molecule has 0 aromatic carbocycles. The Labute approximate surface area is 270 Å². The van der Waals surface area contributed by atoms with E-state index in [1.165, 1.54) is 70.6 Å². The van der Waals surface area contributed by atoms with Crippen LogP contribution in [0.4, 0.5) is 0 Å². The second kappa shape index (κ2) is 28.5. The first-order valence-electron chi connectivity index (χ1n) is 18.0. The van der Waals surface area contributed by atoms with Crippen molar-refractivity contribution in [1.29, 1.82) is 0 Å². The number of aliphatic hydroxyl groups excluding tert-OH is 1. The number of aliphatic hydroxyl groups is 1. The molecule has 254 valence electrons. The molecule has 0 aromatic heterocycles. The van der Waals surface area contributed by atoms with E-state index in [1.807, 2.05) is 0 Å². The molecule has 1 saturated heterocycles. The number of hydrogen-bond acceptors (Lipinski definition) is 6. The summed E-state index contributed by atoms with van der Waals surface area (Å²) in [5.74, 6) is 0.147. The quantitative estimate of drug-likeness (QED) is 0.0373. The molecule has 0 amide bonds. The van der Waals surface area contributed by atoms with Crippen LogP contribution in [0.5, 0.6) is 0 Å². The van der Waals surface area contributed by atoms with Crippen molar-refractivity contribution in [2.75, 3.05) is 13.2 Å². The molecular formula is C38H66O6. The molecule has 1 aliphatic rings. The number of rotatable bonds is 30. The third-order valence-electron chi connectivity index (χ3n) is 8.02. The second-order valence-corrected chi connectivity index (χ2v) is 12.8. The van der Waals surface area contributed by atoms with Crippen LogP contribution in [0.1, 0.15) is 156 Å². The van der Waals surface area contributed by atoms with E-state index in [1.54, 1.807) is 0 Å². The standard InChI is InChI=1S/C38H66O6/c1-4-5-6-7-17-22-27-35-36(44-35)28-23-18-13-11-15-20-25-30-38(41)43-34(31-39)32-42-37(40)29-24-19-14-10-8-9-12-16-21-26-33(2)3/h11,15,17-18,22-23,33-36,39H,4-10,12-14,16,19-21,24-32H2,1-3H3/b15-11-,22-17-,23-18-/t34-,35?,36?/m0/s1. The zero-order valence-corrected chi connectivity index (χ0v) is 28.5. The Hall–Kier alpha value is -1.92. The van der Waals surface area contributed by atoms with Crippen LogP contribution >= 0.6 is 0 Å². The molecular weight excluding hydrogens is 552 g/mol. The molecule has 1 N–H and O–H groups in total. The van der Waals surface area contributed by atoms with Crippen LogP contribution in [-0.2, 0) is 23.8 Å². The zero-order chi connectivity index (χ0) is 32.1. The SMILES string of the molecule is CCCCC/C=C\CC1OC1C/C=C\C/C=C\CCCC(=O)O[C@@H](CO)COC(=O)CCCCCCCCCCCC(C)C. The molecule has 6 heteroatoms. The fourth-order valence-electron chi connectivity index (χ4n) is 5.12. The number of carbonyl (C=O) groups is 2. The summed E-state index contributed by atoms with van der Waals surface area (Å²) in [4.78, 5) is 24.2. The first kappa shape index (κ1) is 40.1. The van der Waals surface area contributed by atoms with Crippen molar-refractivity contribution in [2.45, 2.75) is 174 Å². The van der Waals surface area contributed by atoms with Crippen LogP contribution in [0.15, 0.2) is 36.5 Å². The van der Waals surface area contributed by atoms with Crippen molar-refractivity contribution in [3.05, 3.63) is 36.5 Å². The fraction of sp³-hybridized carbons (Fsp3) is 0.789. The molecule has 0 spiro atoms. The van der Waals surface area contributed by atoms with Crippen molar-refractivity contribution < 1.29 is 28.9 Å². The maximum atomic E-state index is 12.1. The number of carbonyl (C=O) groups excluding carboxylic acids is 2. The summed E-state index contributed by atoms with van der Waals surface area (Å²) in [5, 5.41) is 9.52. The Morgan fingerprint density at radius 2 is 1.27 bits per heavy atom. The second-order valence-electron chi connectivity index (χ2n) is 12.8. The van der Waals surface area contributed by atoms with Gasteiger partial charge in [0.1, 0.15) is 6.61 Å². The maximum Gasteiger partial charge on any atom is 0.306 e. The maximum absolute atomic E-state index is 12.1. The highest BCUT2D eigenvalue weighted by molar-refractivity contribution is 5.70. The minimum Gasteiger partial charge on any atom is -0.462 e. The number of esters is 2. The van der Waals surface area contributed by atoms with Gasteiger partial charge < -0.3 is 19.3 Å². The van der Waals surface area contributed by atoms with Crippen molar-refractivity contribution in [3.8, 4) is 0 Å². The van der Waals surface area contributed by atoms with Crippen molar-refractivity contribution >= 4 is 11.9 Å². The van der Waals surface area contributed by atoms with Gasteiger partial charge in [-0.3, -0.25) is 9.59 Å². The van der Waals surface area contributed by atoms with Gasteiger partial charge in [0.15, 0.2) is 6.10 Å². The molecule has 0 saturated carbocycles. The van der Waals surface area contributed by atoms with E-state index in [-0.39, 0.29) is 31.6 Å². The van der Waals surface area contributed by atoms with Gasteiger partial charge in [0.05, 0.1) is 18.8 Å². The van der Waals surface area contributed by atoms with Gasteiger partial charge in [-0.2, -0.15) is 0 Å². The first-order chi connectivity index (χ1) is 21.5. The van der Waals surface area contributed by atoms with Gasteiger partial charge >= 0.3 is 11.9 Å². The predicted molar refractivity (Wildman–Crippen MR) is 181 cm³/mol. The number of epoxide rings is 1. The Morgan fingerprint density at radius 1 is 0.705 bits per heavy atom. The molecule has 1 rings (SSSR count). The van der Waals surface area contributed by atoms with Crippen LogP contribution < -0.4 is 0 Å². The van der Waals surface area contributed by atoms with E-state index >= 15 is 0 Å². The lowest BCUT2D eigenvalue weighted by Gasteiger charge is -2.15. The van der Waals surface area contributed by atoms with E-state index in [2.05, 4.69) is 57.2 Å². The molecule has 1 heterocycles. The number of allylic oxidation sites excluding steroid dienone is 4. The van der Waals surface area contributed by atoms with Crippen molar-refractivity contribution in [2.24, 2.45) is 5.92 Å². The van der Waals surface area contributed by atoms with Gasteiger partial charge in [-0.15, -0.1) is 0 Å². The normalized spacial score (nSPS) is 17.3. The van der Waals surface area contributed by atoms with Gasteiger partial charge in [0.2, 0.25) is 0 Å². The van der Waals surface area contributed by atoms with Gasteiger partial charge in [0.25, 0.3) is 0 Å². The van der Waals surface area contributed by atoms with Crippen LogP contribution in [0, 0.1) is 5.92 Å². The van der Waals surface area contributed by atoms with E-state index < -0.39 is 6.10 Å². The predicted octanol–water partition coefficient (Wildman–Crippen LogP) is 9.74. The number of unbranched alkanes of at least 4 members (excludes halogenated alkanes) is 12. The minimum absolute atomic E-state index is 0.0908. The van der Waals surface area contributed by atoms with E-state index in [9.17, 15) is 14.7 Å². The molecule has 3 atom stereocenters. The van der Waals surface area contributed by atoms with Gasteiger partial charge in [-0.1, -0.05) is 128 Å². The summed E-state index contributed by atoms with van der Waals surface area (Å²) < 4.78 is 16.3. The Kier molecular flexibility index (Phi) is 26.0. The molecule has 44 heavy (non-hydrogen) atoms. The summed E-state index contributed by atoms with van der Waals surface area (Å²) in [6.45, 7) is 6.35. The molecule has 1 aliphatic heterocycles. The molecule has 0 radical (unpaired) electrons. The highest BCUT2D eigenvalue weighted by Gasteiger charge is 2.35. The minimum atomic E-state index is -0.801. The summed E-state index contributed by atoms with van der Waals surface area (Å²) >= 11 is 0. The van der Waals surface area contributed by atoms with Gasteiger partial charge in [-0.05, 0) is 57.3 Å². The monoisotopic (exact) mass is 618 g/mol. The average Bonchev–Trinajstić information content (AvgIpc) is 3.76. The molecule has 1 fully saturated rings. The average molecular weight is 619 g/mol. The number of hydrogen-bond donors (Lipinski definition) is 1. The lowest BCUT2D eigenvalue weighted by atomic mass is 10.0. The molecule has 0 aromatic rings. The summed E-state index contributed by atoms with van der Waals surface area (Å²) in [7, 11) is 0. The Morgan fingerprint density at radius 3 is 1.93 bits per heavy atom. The fourth-order valence-corrected chi connectivity index (χ4v) is 5.12. The summed E-state index contributed by atoms with van der Waals surface area (Å²) in [6.07, 6.45) is 35.2. The van der Waals surface area contributed by atoms with Crippen molar-refractivity contribution in [3.63, 3.8) is 0 Å². The molecule has 0 bridgehead atoms. The van der Waals surface area contributed by atoms with E-state index in [0.29, 0.717) is 25.0 Å². The molecule has 2 unspecified atom stereocenters. The van der Waals surface area contributed by atoms with Gasteiger partial charge in [0, 0.05) is 12.8 Å². The summed E-state index contributed by atoms with van der Waals surface area (Å²) in [5.41, 5.74) is 0. The molecule has 0 aliphatic carbocycles. The lowest BCUT2D eigenvalue weighted by molar-refractivity contribution is -0.161. The van der Waals surface area contributed by atoms with Crippen molar-refractivity contribution in [1.82, 2.24) is 0 Å².